The maximum absolute atomic E-state index is 11.2. The van der Waals surface area contributed by atoms with Gasteiger partial charge in [0.25, 0.3) is 0 Å². The number of rotatable bonds is 8. The Morgan fingerprint density at radius 2 is 1.72 bits per heavy atom. The molecule has 3 rings (SSSR count). The molecule has 0 saturated heterocycles. The van der Waals surface area contributed by atoms with E-state index in [0.717, 1.165) is 11.0 Å². The minimum atomic E-state index is -0.976. The predicted molar refractivity (Wildman–Crippen MR) is 111 cm³/mol. The third-order valence-electron chi connectivity index (χ3n) is 4.14. The minimum Gasteiger partial charge on any atom is -0.487 e. The summed E-state index contributed by atoms with van der Waals surface area (Å²) in [7, 11) is 0. The maximum Gasteiger partial charge on any atom is 0.331 e. The van der Waals surface area contributed by atoms with Gasteiger partial charge < -0.3 is 14.6 Å². The van der Waals surface area contributed by atoms with E-state index in [0.29, 0.717) is 23.1 Å². The molecule has 0 saturated carbocycles. The number of aliphatic carboxylic acids is 1. The van der Waals surface area contributed by atoms with Crippen LogP contribution in [0.4, 0.5) is 0 Å². The maximum atomic E-state index is 11.2. The minimum absolute atomic E-state index is 0.248. The van der Waals surface area contributed by atoms with Crippen molar-refractivity contribution < 1.29 is 19.4 Å². The summed E-state index contributed by atoms with van der Waals surface area (Å²) in [5.41, 5.74) is 2.53. The Labute approximate surface area is 169 Å². The summed E-state index contributed by atoms with van der Waals surface area (Å²) in [5, 5.41) is 9.19. The Balaban J connectivity index is 1.70. The molecule has 1 N–H and O–H groups in total. The van der Waals surface area contributed by atoms with Crippen molar-refractivity contribution in [3.8, 4) is 17.4 Å². The number of hydrogen-bond acceptors (Lipinski definition) is 5. The van der Waals surface area contributed by atoms with Crippen LogP contribution in [-0.2, 0) is 4.79 Å². The van der Waals surface area contributed by atoms with Crippen LogP contribution in [0, 0.1) is 6.92 Å². The lowest BCUT2D eigenvalue weighted by Gasteiger charge is -2.13. The Kier molecular flexibility index (Phi) is 6.24. The summed E-state index contributed by atoms with van der Waals surface area (Å²) in [6.07, 6.45) is 3.00. The van der Waals surface area contributed by atoms with Gasteiger partial charge in [-0.1, -0.05) is 18.2 Å². The lowest BCUT2D eigenvalue weighted by atomic mass is 10.1. The van der Waals surface area contributed by atoms with E-state index in [1.54, 1.807) is 43.3 Å². The summed E-state index contributed by atoms with van der Waals surface area (Å²) < 4.78 is 11.6. The van der Waals surface area contributed by atoms with Gasteiger partial charge in [0.1, 0.15) is 23.3 Å². The van der Waals surface area contributed by atoms with E-state index >= 15 is 0 Å². The monoisotopic (exact) mass is 390 g/mol. The number of para-hydroxylation sites is 2. The van der Waals surface area contributed by atoms with Crippen molar-refractivity contribution >= 4 is 17.0 Å². The smallest absolute Gasteiger partial charge is 0.331 e. The highest BCUT2D eigenvalue weighted by atomic mass is 16.5. The van der Waals surface area contributed by atoms with E-state index in [1.165, 1.54) is 0 Å². The van der Waals surface area contributed by atoms with Crippen LogP contribution in [0.2, 0.25) is 0 Å². The number of ether oxygens (including phenoxy) is 2. The number of carboxylic acid groups (broad SMARTS) is 1. The third kappa shape index (κ3) is 5.19. The van der Waals surface area contributed by atoms with Crippen molar-refractivity contribution in [2.24, 2.45) is 0 Å². The van der Waals surface area contributed by atoms with E-state index in [9.17, 15) is 9.90 Å². The van der Waals surface area contributed by atoms with E-state index in [-0.39, 0.29) is 12.0 Å². The van der Waals surface area contributed by atoms with Crippen LogP contribution >= 0.6 is 0 Å². The second-order valence-electron chi connectivity index (χ2n) is 6.49. The lowest BCUT2D eigenvalue weighted by Crippen LogP contribution is -2.12. The number of aromatic nitrogens is 2. The summed E-state index contributed by atoms with van der Waals surface area (Å²) in [4.78, 5) is 20.2. The fourth-order valence-corrected chi connectivity index (χ4v) is 2.78. The summed E-state index contributed by atoms with van der Waals surface area (Å²) in [6.45, 7) is 7.21. The fourth-order valence-electron chi connectivity index (χ4n) is 2.78. The second kappa shape index (κ2) is 9.01. The molecule has 6 nitrogen and oxygen atoms in total. The fraction of sp³-hybridized carbons (Fsp3) is 0.174. The Hall–Kier alpha value is -3.67. The summed E-state index contributed by atoms with van der Waals surface area (Å²) in [5.74, 6) is 0.678. The van der Waals surface area contributed by atoms with Gasteiger partial charge in [-0.3, -0.25) is 0 Å². The lowest BCUT2D eigenvalue weighted by molar-refractivity contribution is -0.132. The molecule has 3 aromatic rings. The molecular formula is C23H22N2O4. The van der Waals surface area contributed by atoms with Gasteiger partial charge >= 0.3 is 5.97 Å². The molecule has 0 amide bonds. The molecule has 0 fully saturated rings. The molecule has 2 aromatic carbocycles. The average molecular weight is 390 g/mol. The first-order valence-corrected chi connectivity index (χ1v) is 9.19. The SMILES string of the molecule is C=CC/C(=C\C(C)Oc1ccc(Oc2nc3ccccc3nc2C)cc1)C(=O)O. The highest BCUT2D eigenvalue weighted by Crippen LogP contribution is 2.26. The number of nitrogens with zero attached hydrogens (tertiary/aromatic N) is 2. The molecule has 0 bridgehead atoms. The molecule has 1 aromatic heterocycles. The van der Waals surface area contributed by atoms with E-state index in [4.69, 9.17) is 9.47 Å². The first-order valence-electron chi connectivity index (χ1n) is 9.19. The number of carboxylic acids is 1. The van der Waals surface area contributed by atoms with Crippen LogP contribution in [0.15, 0.2) is 72.8 Å². The Morgan fingerprint density at radius 1 is 1.10 bits per heavy atom. The van der Waals surface area contributed by atoms with Crippen molar-refractivity contribution in [2.75, 3.05) is 0 Å². The number of carbonyl (C=O) groups is 1. The van der Waals surface area contributed by atoms with Crippen LogP contribution in [0.5, 0.6) is 17.4 Å². The molecule has 1 atom stereocenters. The van der Waals surface area contributed by atoms with Crippen LogP contribution in [0.25, 0.3) is 11.0 Å². The Morgan fingerprint density at radius 3 is 2.34 bits per heavy atom. The van der Waals surface area contributed by atoms with Gasteiger partial charge in [0, 0.05) is 5.57 Å². The summed E-state index contributed by atoms with van der Waals surface area (Å²) >= 11 is 0. The number of fused-ring (bicyclic) bond motifs is 1. The molecule has 6 heteroatoms. The number of aryl methyl sites for hydroxylation is 1. The zero-order chi connectivity index (χ0) is 20.8. The van der Waals surface area contributed by atoms with Gasteiger partial charge in [-0.25, -0.2) is 14.8 Å². The molecule has 29 heavy (non-hydrogen) atoms. The Bertz CT molecular complexity index is 1060. The molecule has 0 radical (unpaired) electrons. The zero-order valence-corrected chi connectivity index (χ0v) is 16.3. The molecule has 0 aliphatic carbocycles. The van der Waals surface area contributed by atoms with Crippen molar-refractivity contribution in [3.63, 3.8) is 0 Å². The van der Waals surface area contributed by atoms with Crippen molar-refractivity contribution in [2.45, 2.75) is 26.4 Å². The van der Waals surface area contributed by atoms with Gasteiger partial charge in [-0.05, 0) is 62.7 Å². The highest BCUT2D eigenvalue weighted by Gasteiger charge is 2.10. The van der Waals surface area contributed by atoms with Crippen LogP contribution in [-0.4, -0.2) is 27.1 Å². The molecule has 1 heterocycles. The number of hydrogen-bond donors (Lipinski definition) is 1. The van der Waals surface area contributed by atoms with Crippen molar-refractivity contribution in [1.29, 1.82) is 0 Å². The van der Waals surface area contributed by atoms with Gasteiger partial charge in [-0.15, -0.1) is 6.58 Å². The molecule has 0 aliphatic rings. The van der Waals surface area contributed by atoms with Crippen molar-refractivity contribution in [1.82, 2.24) is 9.97 Å². The molecule has 0 spiro atoms. The first kappa shape index (κ1) is 20.1. The second-order valence-corrected chi connectivity index (χ2v) is 6.49. The van der Waals surface area contributed by atoms with Gasteiger partial charge in [0.05, 0.1) is 11.0 Å². The third-order valence-corrected chi connectivity index (χ3v) is 4.14. The predicted octanol–water partition coefficient (Wildman–Crippen LogP) is 5.08. The van der Waals surface area contributed by atoms with Crippen molar-refractivity contribution in [3.05, 3.63) is 78.5 Å². The normalized spacial score (nSPS) is 12.4. The van der Waals surface area contributed by atoms with Crippen LogP contribution in [0.1, 0.15) is 19.0 Å². The highest BCUT2D eigenvalue weighted by molar-refractivity contribution is 5.86. The molecule has 1 unspecified atom stereocenters. The number of benzene rings is 2. The summed E-state index contributed by atoms with van der Waals surface area (Å²) in [6, 6.07) is 14.7. The van der Waals surface area contributed by atoms with Gasteiger partial charge in [0.2, 0.25) is 5.88 Å². The molecular weight excluding hydrogens is 368 g/mol. The van der Waals surface area contributed by atoms with E-state index in [2.05, 4.69) is 16.5 Å². The van der Waals surface area contributed by atoms with E-state index < -0.39 is 12.1 Å². The topological polar surface area (TPSA) is 81.5 Å². The largest absolute Gasteiger partial charge is 0.487 e. The number of allylic oxidation sites excluding steroid dienone is 1. The van der Waals surface area contributed by atoms with Gasteiger partial charge in [0.15, 0.2) is 0 Å². The first-order chi connectivity index (χ1) is 14.0. The zero-order valence-electron chi connectivity index (χ0n) is 16.3. The van der Waals surface area contributed by atoms with E-state index in [1.807, 2.05) is 31.2 Å². The molecule has 148 valence electrons. The van der Waals surface area contributed by atoms with Crippen LogP contribution < -0.4 is 9.47 Å². The standard InChI is InChI=1S/C23H22N2O4/c1-4-7-17(23(26)27)14-15(2)28-18-10-12-19(13-11-18)29-22-16(3)24-20-8-5-6-9-21(20)25-22/h4-6,8-15H,1,7H2,2-3H3,(H,26,27)/b17-14+. The molecule has 0 aliphatic heterocycles. The quantitative estimate of drug-likeness (QED) is 0.426. The average Bonchev–Trinajstić information content (AvgIpc) is 2.69. The van der Waals surface area contributed by atoms with Crippen LogP contribution in [0.3, 0.4) is 0 Å². The van der Waals surface area contributed by atoms with Gasteiger partial charge in [-0.2, -0.15) is 0 Å².